The first-order chi connectivity index (χ1) is 17.8. The molecule has 11 heteroatoms. The fraction of sp³-hybridized carbons (Fsp3) is 0.423. The standard InChI is InChI=1S/C26H34N6O5/c1-26(2,3)37-25(34)28-22(19-35-17-20-11-6-4-7-12-20)23-29-30-31-32(23)16-10-15-27-24(33)36-18-21-13-8-5-9-14-21/h4-9,11-14,22H,10,15-19H2,1-3H3,(H,27,33)(H,28,34)/t22-/m1/s1. The Kier molecular flexibility index (Phi) is 10.4. The van der Waals surface area contributed by atoms with Crippen molar-refractivity contribution in [2.24, 2.45) is 0 Å². The Morgan fingerprint density at radius 2 is 1.59 bits per heavy atom. The number of carbonyl (C=O) groups excluding carboxylic acids is 2. The van der Waals surface area contributed by atoms with Gasteiger partial charge < -0.3 is 24.8 Å². The van der Waals surface area contributed by atoms with E-state index in [2.05, 4.69) is 26.2 Å². The molecule has 0 saturated carbocycles. The van der Waals surface area contributed by atoms with Gasteiger partial charge in [-0.2, -0.15) is 0 Å². The highest BCUT2D eigenvalue weighted by Gasteiger charge is 2.25. The second kappa shape index (κ2) is 13.9. The largest absolute Gasteiger partial charge is 0.445 e. The van der Waals surface area contributed by atoms with Crippen LogP contribution in [0.3, 0.4) is 0 Å². The number of ether oxygens (including phenoxy) is 3. The second-order valence-electron chi connectivity index (χ2n) is 9.30. The summed E-state index contributed by atoms with van der Waals surface area (Å²) in [6.07, 6.45) is -0.555. The van der Waals surface area contributed by atoms with E-state index in [1.165, 1.54) is 0 Å². The van der Waals surface area contributed by atoms with E-state index < -0.39 is 23.8 Å². The van der Waals surface area contributed by atoms with Crippen LogP contribution in [0.25, 0.3) is 0 Å². The fourth-order valence-electron chi connectivity index (χ4n) is 3.31. The maximum Gasteiger partial charge on any atom is 0.408 e. The Bertz CT molecular complexity index is 1100. The molecule has 37 heavy (non-hydrogen) atoms. The normalized spacial score (nSPS) is 12.0. The molecule has 0 spiro atoms. The molecule has 11 nitrogen and oxygen atoms in total. The minimum absolute atomic E-state index is 0.137. The SMILES string of the molecule is CC(C)(C)OC(=O)N[C@H](COCc1ccccc1)c1nnnn1CCCNC(=O)OCc1ccccc1. The van der Waals surface area contributed by atoms with Crippen LogP contribution in [0.1, 0.15) is 50.2 Å². The van der Waals surface area contributed by atoms with Crippen LogP contribution in [0.15, 0.2) is 60.7 Å². The van der Waals surface area contributed by atoms with E-state index in [-0.39, 0.29) is 13.2 Å². The predicted molar refractivity (Wildman–Crippen MR) is 135 cm³/mol. The molecule has 0 bridgehead atoms. The van der Waals surface area contributed by atoms with Gasteiger partial charge in [-0.25, -0.2) is 14.3 Å². The molecule has 0 radical (unpaired) electrons. The number of tetrazole rings is 1. The van der Waals surface area contributed by atoms with Gasteiger partial charge >= 0.3 is 12.2 Å². The van der Waals surface area contributed by atoms with Crippen molar-refractivity contribution in [3.05, 3.63) is 77.6 Å². The fourth-order valence-corrected chi connectivity index (χ4v) is 3.31. The first kappa shape index (κ1) is 27.6. The Hall–Kier alpha value is -3.99. The summed E-state index contributed by atoms with van der Waals surface area (Å²) in [5.74, 6) is 0.422. The van der Waals surface area contributed by atoms with Gasteiger partial charge in [0.25, 0.3) is 0 Å². The molecule has 1 atom stereocenters. The second-order valence-corrected chi connectivity index (χ2v) is 9.30. The van der Waals surface area contributed by atoms with Crippen LogP contribution >= 0.6 is 0 Å². The summed E-state index contributed by atoms with van der Waals surface area (Å²) in [5.41, 5.74) is 1.25. The molecule has 2 N–H and O–H groups in total. The minimum Gasteiger partial charge on any atom is -0.445 e. The highest BCUT2D eigenvalue weighted by atomic mass is 16.6. The number of nitrogens with zero attached hydrogens (tertiary/aromatic N) is 4. The van der Waals surface area contributed by atoms with Gasteiger partial charge in [-0.15, -0.1) is 5.10 Å². The number of aromatic nitrogens is 4. The lowest BCUT2D eigenvalue weighted by Gasteiger charge is -2.23. The summed E-state index contributed by atoms with van der Waals surface area (Å²) in [7, 11) is 0. The molecule has 0 aliphatic carbocycles. The number of benzene rings is 2. The number of rotatable bonds is 12. The molecule has 198 valence electrons. The highest BCUT2D eigenvalue weighted by molar-refractivity contribution is 5.68. The summed E-state index contributed by atoms with van der Waals surface area (Å²) >= 11 is 0. The van der Waals surface area contributed by atoms with E-state index in [1.807, 2.05) is 60.7 Å². The van der Waals surface area contributed by atoms with Crippen molar-refractivity contribution in [3.8, 4) is 0 Å². The van der Waals surface area contributed by atoms with E-state index in [0.717, 1.165) is 11.1 Å². The van der Waals surface area contributed by atoms with E-state index in [9.17, 15) is 9.59 Å². The maximum absolute atomic E-state index is 12.5. The topological polar surface area (TPSA) is 129 Å². The third-order valence-corrected chi connectivity index (χ3v) is 4.99. The summed E-state index contributed by atoms with van der Waals surface area (Å²) in [4.78, 5) is 24.4. The monoisotopic (exact) mass is 510 g/mol. The number of amides is 2. The summed E-state index contributed by atoms with van der Waals surface area (Å²) in [6, 6.07) is 18.5. The molecule has 3 aromatic rings. The molecule has 0 aliphatic rings. The van der Waals surface area contributed by atoms with Crippen LogP contribution in [0, 0.1) is 0 Å². The number of nitrogens with one attached hydrogen (secondary N) is 2. The molecule has 1 heterocycles. The van der Waals surface area contributed by atoms with Crippen molar-refractivity contribution >= 4 is 12.2 Å². The molecule has 0 fully saturated rings. The van der Waals surface area contributed by atoms with Crippen molar-refractivity contribution in [1.29, 1.82) is 0 Å². The van der Waals surface area contributed by atoms with Gasteiger partial charge in [-0.3, -0.25) is 0 Å². The number of alkyl carbamates (subject to hydrolysis) is 2. The summed E-state index contributed by atoms with van der Waals surface area (Å²) < 4.78 is 18.1. The van der Waals surface area contributed by atoms with Crippen LogP contribution in [-0.2, 0) is 34.0 Å². The van der Waals surface area contributed by atoms with Crippen LogP contribution in [0.4, 0.5) is 9.59 Å². The van der Waals surface area contributed by atoms with Gasteiger partial charge in [0.2, 0.25) is 0 Å². The van der Waals surface area contributed by atoms with E-state index in [1.54, 1.807) is 25.5 Å². The molecule has 0 aliphatic heterocycles. The maximum atomic E-state index is 12.5. The zero-order valence-corrected chi connectivity index (χ0v) is 21.4. The Morgan fingerprint density at radius 3 is 2.24 bits per heavy atom. The van der Waals surface area contributed by atoms with Crippen LogP contribution in [0.5, 0.6) is 0 Å². The highest BCUT2D eigenvalue weighted by Crippen LogP contribution is 2.14. The predicted octanol–water partition coefficient (Wildman–Crippen LogP) is 3.77. The molecule has 0 unspecified atom stereocenters. The molecule has 3 rings (SSSR count). The van der Waals surface area contributed by atoms with E-state index in [4.69, 9.17) is 14.2 Å². The summed E-state index contributed by atoms with van der Waals surface area (Å²) in [5, 5.41) is 17.4. The first-order valence-electron chi connectivity index (χ1n) is 12.1. The smallest absolute Gasteiger partial charge is 0.408 e. The van der Waals surface area contributed by atoms with Crippen molar-refractivity contribution in [1.82, 2.24) is 30.8 Å². The van der Waals surface area contributed by atoms with E-state index >= 15 is 0 Å². The lowest BCUT2D eigenvalue weighted by Crippen LogP contribution is -2.38. The lowest BCUT2D eigenvalue weighted by molar-refractivity contribution is 0.0416. The van der Waals surface area contributed by atoms with Crippen molar-refractivity contribution in [2.45, 2.75) is 58.6 Å². The first-order valence-corrected chi connectivity index (χ1v) is 12.1. The van der Waals surface area contributed by atoms with Crippen LogP contribution in [0.2, 0.25) is 0 Å². The Morgan fingerprint density at radius 1 is 0.946 bits per heavy atom. The molecule has 2 amide bonds. The van der Waals surface area contributed by atoms with Crippen molar-refractivity contribution < 1.29 is 23.8 Å². The Labute approximate surface area is 216 Å². The quantitative estimate of drug-likeness (QED) is 0.352. The minimum atomic E-state index is -0.660. The van der Waals surface area contributed by atoms with Gasteiger partial charge in [0, 0.05) is 13.1 Å². The van der Waals surface area contributed by atoms with Gasteiger partial charge in [-0.05, 0) is 48.7 Å². The van der Waals surface area contributed by atoms with Gasteiger partial charge in [0.1, 0.15) is 18.2 Å². The molecular formula is C26H34N6O5. The van der Waals surface area contributed by atoms with Gasteiger partial charge in [0.05, 0.1) is 13.2 Å². The number of hydrogen-bond acceptors (Lipinski definition) is 8. The molecule has 0 saturated heterocycles. The molecule has 1 aromatic heterocycles. The number of hydrogen-bond donors (Lipinski definition) is 2. The Balaban J connectivity index is 1.52. The summed E-state index contributed by atoms with van der Waals surface area (Å²) in [6.45, 7) is 6.83. The average molecular weight is 511 g/mol. The lowest BCUT2D eigenvalue weighted by atomic mass is 10.2. The number of carbonyl (C=O) groups is 2. The average Bonchev–Trinajstić information content (AvgIpc) is 3.33. The van der Waals surface area contributed by atoms with Gasteiger partial charge in [0.15, 0.2) is 5.82 Å². The van der Waals surface area contributed by atoms with Crippen LogP contribution in [-0.4, -0.2) is 51.1 Å². The molecule has 2 aromatic carbocycles. The molecular weight excluding hydrogens is 476 g/mol. The van der Waals surface area contributed by atoms with Crippen molar-refractivity contribution in [2.75, 3.05) is 13.2 Å². The van der Waals surface area contributed by atoms with Gasteiger partial charge in [-0.1, -0.05) is 60.7 Å². The third kappa shape index (κ3) is 10.3. The number of aryl methyl sites for hydroxylation is 1. The van der Waals surface area contributed by atoms with Crippen LogP contribution < -0.4 is 10.6 Å². The van der Waals surface area contributed by atoms with Crippen molar-refractivity contribution in [3.63, 3.8) is 0 Å². The third-order valence-electron chi connectivity index (χ3n) is 4.99. The zero-order chi connectivity index (χ0) is 26.5. The van der Waals surface area contributed by atoms with E-state index in [0.29, 0.717) is 31.9 Å². The zero-order valence-electron chi connectivity index (χ0n) is 21.4.